The number of rotatable bonds is 6. The van der Waals surface area contributed by atoms with Crippen molar-refractivity contribution in [3.63, 3.8) is 0 Å². The fraction of sp³-hybridized carbons (Fsp3) is 0.318. The lowest BCUT2D eigenvalue weighted by Crippen LogP contribution is -2.44. The van der Waals surface area contributed by atoms with E-state index in [1.165, 1.54) is 17.8 Å². The van der Waals surface area contributed by atoms with Gasteiger partial charge in [0.1, 0.15) is 21.7 Å². The summed E-state index contributed by atoms with van der Waals surface area (Å²) in [6.07, 6.45) is 0.911. The van der Waals surface area contributed by atoms with Gasteiger partial charge in [0.05, 0.1) is 5.69 Å². The molecule has 9 heteroatoms. The summed E-state index contributed by atoms with van der Waals surface area (Å²) in [5.74, 6) is -0.396. The van der Waals surface area contributed by atoms with E-state index >= 15 is 0 Å². The van der Waals surface area contributed by atoms with E-state index in [1.54, 1.807) is 29.1 Å². The number of carbonyl (C=O) groups is 1. The maximum Gasteiger partial charge on any atom is 0.404 e. The molecule has 31 heavy (non-hydrogen) atoms. The first-order valence-corrected chi connectivity index (χ1v) is 10.9. The molecule has 0 radical (unpaired) electrons. The normalized spacial score (nSPS) is 12.6. The number of nitrogens with zero attached hydrogens (tertiary/aromatic N) is 3. The average Bonchev–Trinajstić information content (AvgIpc) is 3.06. The minimum atomic E-state index is -1.09. The van der Waals surface area contributed by atoms with Gasteiger partial charge in [-0.15, -0.1) is 0 Å². The lowest BCUT2D eigenvalue weighted by atomic mass is 9.84. The van der Waals surface area contributed by atoms with Crippen LogP contribution < -0.4 is 5.32 Å². The van der Waals surface area contributed by atoms with E-state index in [1.807, 2.05) is 39.8 Å². The van der Waals surface area contributed by atoms with Crippen molar-refractivity contribution in [3.8, 4) is 5.69 Å². The van der Waals surface area contributed by atoms with Crippen molar-refractivity contribution in [1.82, 2.24) is 20.1 Å². The minimum absolute atomic E-state index is 0.328. The number of amides is 1. The van der Waals surface area contributed by atoms with Crippen molar-refractivity contribution in [3.05, 3.63) is 64.8 Å². The molecule has 1 unspecified atom stereocenters. The second-order valence-electron chi connectivity index (χ2n) is 8.33. The van der Waals surface area contributed by atoms with Crippen LogP contribution in [0.25, 0.3) is 5.69 Å². The standard InChI is InChI=1S/C22H24ClFN4O2S/c1-13-5-7-16(24)17(9-13)28-20(31-15-6-8-19(23)25-12-15)11-14(27-28)10-18(22(2,3)4)26-21(29)30/h5-9,11-12,18,26H,10H2,1-4H3,(H,29,30). The number of aryl methyl sites for hydroxylation is 1. The molecule has 0 saturated carbocycles. The zero-order valence-corrected chi connectivity index (χ0v) is 19.3. The summed E-state index contributed by atoms with van der Waals surface area (Å²) < 4.78 is 16.2. The van der Waals surface area contributed by atoms with Crippen molar-refractivity contribution in [2.45, 2.75) is 50.1 Å². The number of halogens is 2. The highest BCUT2D eigenvalue weighted by Crippen LogP contribution is 2.32. The summed E-state index contributed by atoms with van der Waals surface area (Å²) in [7, 11) is 0. The third-order valence-electron chi connectivity index (χ3n) is 4.74. The summed E-state index contributed by atoms with van der Waals surface area (Å²) >= 11 is 7.26. The molecule has 2 heterocycles. The molecule has 3 rings (SSSR count). The maximum absolute atomic E-state index is 14.7. The van der Waals surface area contributed by atoms with Gasteiger partial charge in [0.25, 0.3) is 0 Å². The zero-order valence-electron chi connectivity index (χ0n) is 17.7. The van der Waals surface area contributed by atoms with Gasteiger partial charge in [-0.1, -0.05) is 50.2 Å². The Morgan fingerprint density at radius 1 is 1.29 bits per heavy atom. The topological polar surface area (TPSA) is 80.0 Å². The van der Waals surface area contributed by atoms with E-state index in [0.717, 1.165) is 10.5 Å². The van der Waals surface area contributed by atoms with Gasteiger partial charge in [-0.2, -0.15) is 5.10 Å². The molecule has 3 aromatic rings. The predicted octanol–water partition coefficient (Wildman–Crippen LogP) is 5.74. The van der Waals surface area contributed by atoms with Gasteiger partial charge in [0, 0.05) is 23.6 Å². The Hall–Kier alpha value is -2.58. The SMILES string of the molecule is Cc1ccc(F)c(-n2nc(CC(NC(=O)O)C(C)(C)C)cc2Sc2ccc(Cl)nc2)c1. The van der Waals surface area contributed by atoms with E-state index in [9.17, 15) is 14.3 Å². The largest absolute Gasteiger partial charge is 0.465 e. The highest BCUT2D eigenvalue weighted by atomic mass is 35.5. The lowest BCUT2D eigenvalue weighted by Gasteiger charge is -2.29. The number of aromatic nitrogens is 3. The van der Waals surface area contributed by atoms with Crippen LogP contribution >= 0.6 is 23.4 Å². The fourth-order valence-electron chi connectivity index (χ4n) is 3.02. The van der Waals surface area contributed by atoms with Gasteiger partial charge >= 0.3 is 6.09 Å². The Kier molecular flexibility index (Phi) is 6.91. The van der Waals surface area contributed by atoms with Crippen molar-refractivity contribution in [1.29, 1.82) is 0 Å². The van der Waals surface area contributed by atoms with Crippen LogP contribution in [-0.4, -0.2) is 32.0 Å². The molecule has 2 aromatic heterocycles. The number of benzene rings is 1. The van der Waals surface area contributed by atoms with E-state index < -0.39 is 11.9 Å². The molecular formula is C22H24ClFN4O2S. The van der Waals surface area contributed by atoms with Crippen LogP contribution in [0.15, 0.2) is 52.5 Å². The van der Waals surface area contributed by atoms with Gasteiger partial charge in [-0.05, 0) is 48.2 Å². The second kappa shape index (κ2) is 9.28. The molecule has 0 aliphatic carbocycles. The molecule has 0 aliphatic heterocycles. The van der Waals surface area contributed by atoms with Gasteiger partial charge in [0.2, 0.25) is 0 Å². The van der Waals surface area contributed by atoms with Gasteiger partial charge < -0.3 is 10.4 Å². The second-order valence-corrected chi connectivity index (χ2v) is 9.81. The first-order chi connectivity index (χ1) is 14.5. The highest BCUT2D eigenvalue weighted by molar-refractivity contribution is 7.99. The molecule has 1 amide bonds. The summed E-state index contributed by atoms with van der Waals surface area (Å²) in [5, 5.41) is 17.5. The number of hydrogen-bond acceptors (Lipinski definition) is 4. The smallest absolute Gasteiger partial charge is 0.404 e. The van der Waals surface area contributed by atoms with Crippen LogP contribution in [0.2, 0.25) is 5.15 Å². The minimum Gasteiger partial charge on any atom is -0.465 e. The monoisotopic (exact) mass is 462 g/mol. The Labute approximate surface area is 189 Å². The number of carboxylic acid groups (broad SMARTS) is 1. The number of hydrogen-bond donors (Lipinski definition) is 2. The van der Waals surface area contributed by atoms with Gasteiger partial charge in [-0.25, -0.2) is 18.9 Å². The molecule has 164 valence electrons. The molecule has 0 aliphatic rings. The van der Waals surface area contributed by atoms with E-state index in [2.05, 4.69) is 15.4 Å². The molecule has 2 N–H and O–H groups in total. The van der Waals surface area contributed by atoms with Crippen LogP contribution in [-0.2, 0) is 6.42 Å². The van der Waals surface area contributed by atoms with Crippen LogP contribution in [0.5, 0.6) is 0 Å². The number of nitrogens with one attached hydrogen (secondary N) is 1. The summed E-state index contributed by atoms with van der Waals surface area (Å²) in [4.78, 5) is 16.2. The first kappa shape index (κ1) is 23.1. The number of pyridine rings is 1. The van der Waals surface area contributed by atoms with Gasteiger partial charge in [0.15, 0.2) is 0 Å². The fourth-order valence-corrected chi connectivity index (χ4v) is 4.03. The quantitative estimate of drug-likeness (QED) is 0.456. The highest BCUT2D eigenvalue weighted by Gasteiger charge is 2.28. The molecule has 1 aromatic carbocycles. The van der Waals surface area contributed by atoms with Crippen molar-refractivity contribution in [2.75, 3.05) is 0 Å². The Bertz CT molecular complexity index is 1080. The van der Waals surface area contributed by atoms with Crippen LogP contribution in [0, 0.1) is 18.2 Å². The van der Waals surface area contributed by atoms with Crippen LogP contribution in [0.4, 0.5) is 9.18 Å². The maximum atomic E-state index is 14.7. The summed E-state index contributed by atoms with van der Waals surface area (Å²) in [6.45, 7) is 7.76. The Morgan fingerprint density at radius 3 is 2.65 bits per heavy atom. The first-order valence-electron chi connectivity index (χ1n) is 9.67. The molecule has 0 fully saturated rings. The molecule has 6 nitrogen and oxygen atoms in total. The van der Waals surface area contributed by atoms with E-state index in [0.29, 0.717) is 28.0 Å². The van der Waals surface area contributed by atoms with Crippen molar-refractivity contribution in [2.24, 2.45) is 5.41 Å². The van der Waals surface area contributed by atoms with Crippen molar-refractivity contribution < 1.29 is 14.3 Å². The Balaban J connectivity index is 2.03. The molecular weight excluding hydrogens is 439 g/mol. The lowest BCUT2D eigenvalue weighted by molar-refractivity contribution is 0.174. The predicted molar refractivity (Wildman–Crippen MR) is 120 cm³/mol. The van der Waals surface area contributed by atoms with Crippen LogP contribution in [0.1, 0.15) is 32.0 Å². The van der Waals surface area contributed by atoms with Crippen LogP contribution in [0.3, 0.4) is 0 Å². The average molecular weight is 463 g/mol. The van der Waals surface area contributed by atoms with Gasteiger partial charge in [-0.3, -0.25) is 0 Å². The molecule has 0 spiro atoms. The molecule has 0 saturated heterocycles. The third-order valence-corrected chi connectivity index (χ3v) is 5.94. The van der Waals surface area contributed by atoms with Crippen molar-refractivity contribution >= 4 is 29.5 Å². The Morgan fingerprint density at radius 2 is 2.03 bits per heavy atom. The summed E-state index contributed by atoms with van der Waals surface area (Å²) in [6, 6.07) is 9.83. The van der Waals surface area contributed by atoms with E-state index in [4.69, 9.17) is 11.6 Å². The zero-order chi connectivity index (χ0) is 22.8. The third kappa shape index (κ3) is 5.98. The van der Waals surface area contributed by atoms with E-state index in [-0.39, 0.29) is 11.5 Å². The summed E-state index contributed by atoms with van der Waals surface area (Å²) in [5.41, 5.74) is 1.55. The molecule has 0 bridgehead atoms. The molecule has 1 atom stereocenters.